The number of piperidine rings is 1. The molecular formula is C15H17N3S2. The summed E-state index contributed by atoms with van der Waals surface area (Å²) in [6.45, 7) is 2.24. The fourth-order valence-electron chi connectivity index (χ4n) is 3.09. The largest absolute Gasteiger partial charge is 0.297 e. The van der Waals surface area contributed by atoms with Gasteiger partial charge in [-0.3, -0.25) is 9.30 Å². The molecule has 3 nitrogen and oxygen atoms in total. The monoisotopic (exact) mass is 303 g/mol. The Bertz CT molecular complexity index is 683. The van der Waals surface area contributed by atoms with Gasteiger partial charge < -0.3 is 0 Å². The third kappa shape index (κ3) is 2.20. The van der Waals surface area contributed by atoms with E-state index < -0.39 is 0 Å². The van der Waals surface area contributed by atoms with Gasteiger partial charge in [0.2, 0.25) is 0 Å². The SMILES string of the molecule is c1cc(CN2CCCCC2c2ncn3ccsc23)cs1. The van der Waals surface area contributed by atoms with Gasteiger partial charge in [-0.25, -0.2) is 4.98 Å². The summed E-state index contributed by atoms with van der Waals surface area (Å²) in [4.78, 5) is 8.61. The van der Waals surface area contributed by atoms with Crippen LogP contribution in [0.4, 0.5) is 0 Å². The molecule has 1 unspecified atom stereocenters. The van der Waals surface area contributed by atoms with Gasteiger partial charge in [-0.1, -0.05) is 6.42 Å². The maximum Gasteiger partial charge on any atom is 0.124 e. The van der Waals surface area contributed by atoms with Gasteiger partial charge >= 0.3 is 0 Å². The van der Waals surface area contributed by atoms with Crippen LogP contribution in [0, 0.1) is 0 Å². The molecule has 1 saturated heterocycles. The Morgan fingerprint density at radius 1 is 1.30 bits per heavy atom. The van der Waals surface area contributed by atoms with Crippen LogP contribution in [0.15, 0.2) is 34.7 Å². The second-order valence-corrected chi connectivity index (χ2v) is 7.03. The number of rotatable bonds is 3. The highest BCUT2D eigenvalue weighted by molar-refractivity contribution is 7.15. The Morgan fingerprint density at radius 2 is 2.30 bits per heavy atom. The highest BCUT2D eigenvalue weighted by Gasteiger charge is 2.27. The summed E-state index contributed by atoms with van der Waals surface area (Å²) in [6, 6.07) is 2.72. The van der Waals surface area contributed by atoms with Crippen molar-refractivity contribution in [3.8, 4) is 0 Å². The first-order valence-corrected chi connectivity index (χ1v) is 8.89. The van der Waals surface area contributed by atoms with Crippen LogP contribution in [0.1, 0.15) is 36.6 Å². The van der Waals surface area contributed by atoms with Crippen molar-refractivity contribution in [3.05, 3.63) is 46.0 Å². The molecule has 5 heteroatoms. The Hall–Kier alpha value is -1.17. The number of likely N-dealkylation sites (tertiary alicyclic amines) is 1. The second-order valence-electron chi connectivity index (χ2n) is 5.36. The van der Waals surface area contributed by atoms with E-state index in [1.807, 2.05) is 6.33 Å². The van der Waals surface area contributed by atoms with E-state index in [4.69, 9.17) is 4.98 Å². The van der Waals surface area contributed by atoms with Gasteiger partial charge in [0.1, 0.15) is 11.2 Å². The van der Waals surface area contributed by atoms with Crippen molar-refractivity contribution in [1.82, 2.24) is 14.3 Å². The van der Waals surface area contributed by atoms with Crippen molar-refractivity contribution < 1.29 is 0 Å². The second kappa shape index (κ2) is 5.31. The summed E-state index contributed by atoms with van der Waals surface area (Å²) >= 11 is 3.59. The molecule has 3 aromatic rings. The van der Waals surface area contributed by atoms with E-state index >= 15 is 0 Å². The van der Waals surface area contributed by atoms with Gasteiger partial charge in [-0.05, 0) is 41.8 Å². The summed E-state index contributed by atoms with van der Waals surface area (Å²) in [7, 11) is 0. The highest BCUT2D eigenvalue weighted by Crippen LogP contribution is 2.34. The maximum atomic E-state index is 4.69. The number of thiophene rings is 1. The first-order valence-electron chi connectivity index (χ1n) is 7.07. The van der Waals surface area contributed by atoms with Crippen LogP contribution >= 0.6 is 22.7 Å². The minimum atomic E-state index is 0.479. The molecule has 104 valence electrons. The van der Waals surface area contributed by atoms with E-state index in [9.17, 15) is 0 Å². The zero-order valence-corrected chi connectivity index (χ0v) is 12.9. The van der Waals surface area contributed by atoms with E-state index in [1.54, 1.807) is 22.7 Å². The first kappa shape index (κ1) is 12.6. The fraction of sp³-hybridized carbons (Fsp3) is 0.400. The van der Waals surface area contributed by atoms with Crippen molar-refractivity contribution in [2.75, 3.05) is 6.54 Å². The number of fused-ring (bicyclic) bond motifs is 1. The van der Waals surface area contributed by atoms with E-state index in [-0.39, 0.29) is 0 Å². The third-order valence-electron chi connectivity index (χ3n) is 4.07. The van der Waals surface area contributed by atoms with Gasteiger partial charge in [0.05, 0.1) is 11.7 Å². The molecule has 1 aliphatic heterocycles. The number of aromatic nitrogens is 2. The summed E-state index contributed by atoms with van der Waals surface area (Å²) in [5.41, 5.74) is 2.71. The lowest BCUT2D eigenvalue weighted by Gasteiger charge is -2.34. The van der Waals surface area contributed by atoms with E-state index in [2.05, 4.69) is 37.7 Å². The van der Waals surface area contributed by atoms with E-state index in [0.29, 0.717) is 6.04 Å². The lowest BCUT2D eigenvalue weighted by Crippen LogP contribution is -2.33. The average Bonchev–Trinajstić information content (AvgIpc) is 3.16. The molecule has 0 aromatic carbocycles. The Morgan fingerprint density at radius 3 is 3.20 bits per heavy atom. The smallest absolute Gasteiger partial charge is 0.124 e. The Labute approximate surface area is 126 Å². The van der Waals surface area contributed by atoms with Crippen molar-refractivity contribution in [1.29, 1.82) is 0 Å². The predicted molar refractivity (Wildman–Crippen MR) is 84.4 cm³/mol. The topological polar surface area (TPSA) is 20.5 Å². The number of nitrogens with zero attached hydrogens (tertiary/aromatic N) is 3. The summed E-state index contributed by atoms with van der Waals surface area (Å²) < 4.78 is 2.15. The van der Waals surface area contributed by atoms with Crippen LogP contribution in [0.25, 0.3) is 4.83 Å². The zero-order chi connectivity index (χ0) is 13.4. The van der Waals surface area contributed by atoms with Crippen LogP contribution in [0.5, 0.6) is 0 Å². The first-order chi connectivity index (χ1) is 9.92. The molecule has 0 aliphatic carbocycles. The molecule has 0 amide bonds. The van der Waals surface area contributed by atoms with Gasteiger partial charge in [-0.2, -0.15) is 11.3 Å². The van der Waals surface area contributed by atoms with Gasteiger partial charge in [0.15, 0.2) is 0 Å². The van der Waals surface area contributed by atoms with Gasteiger partial charge in [-0.15, -0.1) is 11.3 Å². The minimum absolute atomic E-state index is 0.479. The standard InChI is InChI=1S/C15H17N3S2/c1-2-5-17(9-12-4-7-19-10-12)13(3-1)14-15-18(11-16-14)6-8-20-15/h4,6-8,10-11,13H,1-3,5,9H2. The van der Waals surface area contributed by atoms with Crippen LogP contribution < -0.4 is 0 Å². The molecule has 1 fully saturated rings. The lowest BCUT2D eigenvalue weighted by molar-refractivity contribution is 0.139. The predicted octanol–water partition coefficient (Wildman–Crippen LogP) is 4.18. The van der Waals surface area contributed by atoms with Crippen LogP contribution in [0.2, 0.25) is 0 Å². The summed E-state index contributed by atoms with van der Waals surface area (Å²) in [6.07, 6.45) is 7.91. The van der Waals surface area contributed by atoms with Crippen molar-refractivity contribution in [2.45, 2.75) is 31.8 Å². The number of hydrogen-bond acceptors (Lipinski definition) is 4. The molecule has 1 aliphatic rings. The molecule has 4 heterocycles. The third-order valence-corrected chi connectivity index (χ3v) is 5.70. The molecule has 0 bridgehead atoms. The summed E-state index contributed by atoms with van der Waals surface area (Å²) in [5, 5.41) is 6.58. The molecule has 3 aromatic heterocycles. The van der Waals surface area contributed by atoms with Crippen LogP contribution in [0.3, 0.4) is 0 Å². The Balaban J connectivity index is 1.65. The lowest BCUT2D eigenvalue weighted by atomic mass is 9.99. The van der Waals surface area contributed by atoms with Crippen LogP contribution in [-0.2, 0) is 6.54 Å². The summed E-state index contributed by atoms with van der Waals surface area (Å²) in [5.74, 6) is 0. The average molecular weight is 303 g/mol. The molecule has 0 N–H and O–H groups in total. The molecule has 20 heavy (non-hydrogen) atoms. The number of thiazole rings is 1. The normalized spacial score (nSPS) is 20.7. The highest BCUT2D eigenvalue weighted by atomic mass is 32.1. The molecule has 4 rings (SSSR count). The fourth-order valence-corrected chi connectivity index (χ4v) is 4.61. The maximum absolute atomic E-state index is 4.69. The van der Waals surface area contributed by atoms with Crippen molar-refractivity contribution >= 4 is 27.5 Å². The van der Waals surface area contributed by atoms with E-state index in [1.165, 1.54) is 41.9 Å². The molecule has 0 radical (unpaired) electrons. The molecule has 0 spiro atoms. The molecule has 0 saturated carbocycles. The van der Waals surface area contributed by atoms with Crippen molar-refractivity contribution in [2.24, 2.45) is 0 Å². The zero-order valence-electron chi connectivity index (χ0n) is 11.2. The van der Waals surface area contributed by atoms with Crippen LogP contribution in [-0.4, -0.2) is 20.8 Å². The van der Waals surface area contributed by atoms with Gasteiger partial charge in [0, 0.05) is 18.1 Å². The Kier molecular flexibility index (Phi) is 3.34. The quantitative estimate of drug-likeness (QED) is 0.723. The molecule has 1 atom stereocenters. The van der Waals surface area contributed by atoms with Crippen molar-refractivity contribution in [3.63, 3.8) is 0 Å². The van der Waals surface area contributed by atoms with E-state index in [0.717, 1.165) is 6.54 Å². The van der Waals surface area contributed by atoms with Gasteiger partial charge in [0.25, 0.3) is 0 Å². The minimum Gasteiger partial charge on any atom is -0.297 e. The molecular weight excluding hydrogens is 286 g/mol. The number of imidazole rings is 1. The number of hydrogen-bond donors (Lipinski definition) is 0.